The van der Waals surface area contributed by atoms with Crippen LogP contribution in [-0.2, 0) is 4.79 Å². The van der Waals surface area contributed by atoms with Gasteiger partial charge in [0.05, 0.1) is 10.5 Å². The van der Waals surface area contributed by atoms with Gasteiger partial charge in [-0.15, -0.1) is 12.3 Å². The molecule has 110 valence electrons. The van der Waals surface area contributed by atoms with Gasteiger partial charge in [0.25, 0.3) is 5.91 Å². The quantitative estimate of drug-likeness (QED) is 0.480. The molecule has 0 bridgehead atoms. The van der Waals surface area contributed by atoms with Gasteiger partial charge >= 0.3 is 11.7 Å². The number of terminal acetylenes is 1. The smallest absolute Gasteiger partial charge is 0.327 e. The molecule has 0 spiro atoms. The zero-order valence-corrected chi connectivity index (χ0v) is 10.3. The lowest BCUT2D eigenvalue weighted by molar-refractivity contribution is -0.387. The van der Waals surface area contributed by atoms with Crippen LogP contribution in [0.5, 0.6) is 0 Å². The molecule has 9 heteroatoms. The first-order valence-electron chi connectivity index (χ1n) is 5.38. The average Bonchev–Trinajstić information content (AvgIpc) is 2.37. The predicted molar refractivity (Wildman–Crippen MR) is 65.4 cm³/mol. The van der Waals surface area contributed by atoms with E-state index in [1.165, 1.54) is 0 Å². The molecule has 0 aliphatic heterocycles. The molecule has 0 aliphatic carbocycles. The number of hydrogen-bond acceptors (Lipinski definition) is 4. The van der Waals surface area contributed by atoms with Crippen LogP contribution < -0.4 is 5.32 Å². The molecule has 0 aromatic heterocycles. The van der Waals surface area contributed by atoms with Crippen LogP contribution in [-0.4, -0.2) is 27.9 Å². The minimum atomic E-state index is -1.49. The maximum absolute atomic E-state index is 13.5. The number of carbonyl (C=O) groups excluding carboxylic acids is 1. The molecule has 0 radical (unpaired) electrons. The number of aliphatic carboxylic acids is 1. The van der Waals surface area contributed by atoms with E-state index >= 15 is 0 Å². The molecule has 0 saturated carbocycles. The Morgan fingerprint density at radius 2 is 2.05 bits per heavy atom. The van der Waals surface area contributed by atoms with E-state index in [1.807, 2.05) is 11.2 Å². The average molecular weight is 298 g/mol. The Labute approximate surface area is 116 Å². The van der Waals surface area contributed by atoms with E-state index < -0.39 is 45.7 Å². The van der Waals surface area contributed by atoms with Gasteiger partial charge in [0, 0.05) is 18.6 Å². The number of carboxylic acid groups (broad SMARTS) is 1. The van der Waals surface area contributed by atoms with Gasteiger partial charge in [0.2, 0.25) is 5.82 Å². The zero-order chi connectivity index (χ0) is 16.2. The molecule has 0 aliphatic rings. The second-order valence-corrected chi connectivity index (χ2v) is 3.81. The lowest BCUT2D eigenvalue weighted by Crippen LogP contribution is -2.40. The van der Waals surface area contributed by atoms with Gasteiger partial charge in [-0.2, -0.15) is 4.39 Å². The van der Waals surface area contributed by atoms with E-state index in [4.69, 9.17) is 11.5 Å². The van der Waals surface area contributed by atoms with Crippen molar-refractivity contribution in [2.75, 3.05) is 0 Å². The fourth-order valence-electron chi connectivity index (χ4n) is 1.41. The number of hydrogen-bond donors (Lipinski definition) is 2. The molecule has 2 N–H and O–H groups in total. The van der Waals surface area contributed by atoms with Crippen molar-refractivity contribution in [3.8, 4) is 12.3 Å². The number of amides is 1. The number of nitrogens with one attached hydrogen (secondary N) is 1. The summed E-state index contributed by atoms with van der Waals surface area (Å²) >= 11 is 0. The van der Waals surface area contributed by atoms with Gasteiger partial charge in [-0.05, 0) is 0 Å². The third-order valence-electron chi connectivity index (χ3n) is 2.40. The minimum absolute atomic E-state index is 0.171. The second kappa shape index (κ2) is 6.42. The van der Waals surface area contributed by atoms with Crippen LogP contribution in [0.2, 0.25) is 0 Å². The molecule has 1 amide bonds. The second-order valence-electron chi connectivity index (χ2n) is 3.81. The fraction of sp³-hybridized carbons (Fsp3) is 0.167. The van der Waals surface area contributed by atoms with Gasteiger partial charge in [-0.25, -0.2) is 9.18 Å². The first-order valence-corrected chi connectivity index (χ1v) is 5.38. The first-order chi connectivity index (χ1) is 9.77. The van der Waals surface area contributed by atoms with Crippen molar-refractivity contribution in [2.45, 2.75) is 12.5 Å². The summed E-state index contributed by atoms with van der Waals surface area (Å²) in [5.41, 5.74) is -1.96. The summed E-state index contributed by atoms with van der Waals surface area (Å²) in [6, 6.07) is -0.940. The molecular weight excluding hydrogens is 290 g/mol. The number of nitro groups is 1. The Hall–Kier alpha value is -3.02. The Bertz CT molecular complexity index is 654. The monoisotopic (exact) mass is 298 g/mol. The third-order valence-corrected chi connectivity index (χ3v) is 2.40. The third kappa shape index (κ3) is 3.73. The van der Waals surface area contributed by atoms with Gasteiger partial charge in [0.1, 0.15) is 11.9 Å². The molecule has 0 fully saturated rings. The molecule has 1 rings (SSSR count). The standard InChI is InChI=1S/C12H8F2N2O5/c1-2-3-9(12(18)19)15-11(17)6-4-10(16(20)21)8(14)5-7(6)13/h1,4-5,9H,3H2,(H,15,17)(H,18,19). The van der Waals surface area contributed by atoms with Crippen molar-refractivity contribution in [1.82, 2.24) is 5.32 Å². The molecule has 1 aromatic carbocycles. The molecule has 1 aromatic rings. The van der Waals surface area contributed by atoms with Gasteiger partial charge in [0.15, 0.2) is 0 Å². The van der Waals surface area contributed by atoms with Crippen LogP contribution >= 0.6 is 0 Å². The molecule has 0 saturated heterocycles. The molecule has 21 heavy (non-hydrogen) atoms. The summed E-state index contributed by atoms with van der Waals surface area (Å²) in [7, 11) is 0. The summed E-state index contributed by atoms with van der Waals surface area (Å²) in [5, 5.41) is 21.2. The van der Waals surface area contributed by atoms with Crippen molar-refractivity contribution < 1.29 is 28.4 Å². The molecule has 1 unspecified atom stereocenters. The maximum Gasteiger partial charge on any atom is 0.327 e. The van der Waals surface area contributed by atoms with E-state index in [-0.39, 0.29) is 12.5 Å². The SMILES string of the molecule is C#CCC(NC(=O)c1cc([N+](=O)[O-])c(F)cc1F)C(=O)O. The summed E-state index contributed by atoms with van der Waals surface area (Å²) in [6.07, 6.45) is 4.55. The molecule has 0 heterocycles. The van der Waals surface area contributed by atoms with Crippen molar-refractivity contribution in [3.05, 3.63) is 39.4 Å². The largest absolute Gasteiger partial charge is 0.480 e. The normalized spacial score (nSPS) is 11.3. The van der Waals surface area contributed by atoms with E-state index in [0.717, 1.165) is 0 Å². The van der Waals surface area contributed by atoms with Crippen LogP contribution in [0.1, 0.15) is 16.8 Å². The number of nitrogens with zero attached hydrogens (tertiary/aromatic N) is 1. The summed E-state index contributed by atoms with van der Waals surface area (Å²) in [6.45, 7) is 0. The highest BCUT2D eigenvalue weighted by Crippen LogP contribution is 2.21. The number of carbonyl (C=O) groups is 2. The number of carboxylic acids is 1. The first kappa shape index (κ1) is 16.0. The van der Waals surface area contributed by atoms with E-state index in [2.05, 4.69) is 0 Å². The Balaban J connectivity index is 3.13. The van der Waals surface area contributed by atoms with Crippen molar-refractivity contribution in [1.29, 1.82) is 0 Å². The van der Waals surface area contributed by atoms with E-state index in [1.54, 1.807) is 0 Å². The van der Waals surface area contributed by atoms with Crippen LogP contribution in [0.3, 0.4) is 0 Å². The Morgan fingerprint density at radius 1 is 1.43 bits per heavy atom. The van der Waals surface area contributed by atoms with Crippen molar-refractivity contribution >= 4 is 17.6 Å². The van der Waals surface area contributed by atoms with Crippen molar-refractivity contribution in [2.24, 2.45) is 0 Å². The van der Waals surface area contributed by atoms with Crippen LogP contribution in [0.4, 0.5) is 14.5 Å². The Morgan fingerprint density at radius 3 is 2.52 bits per heavy atom. The number of nitro benzene ring substituents is 1. The van der Waals surface area contributed by atoms with Crippen LogP contribution in [0.25, 0.3) is 0 Å². The number of benzene rings is 1. The number of halogens is 2. The zero-order valence-electron chi connectivity index (χ0n) is 10.3. The van der Waals surface area contributed by atoms with Crippen LogP contribution in [0, 0.1) is 34.1 Å². The lowest BCUT2D eigenvalue weighted by Gasteiger charge is -2.12. The van der Waals surface area contributed by atoms with E-state index in [9.17, 15) is 28.5 Å². The number of rotatable bonds is 5. The fourth-order valence-corrected chi connectivity index (χ4v) is 1.41. The van der Waals surface area contributed by atoms with E-state index in [0.29, 0.717) is 6.07 Å². The Kier molecular flexibility index (Phi) is 4.91. The minimum Gasteiger partial charge on any atom is -0.480 e. The van der Waals surface area contributed by atoms with Gasteiger partial charge in [-0.3, -0.25) is 14.9 Å². The van der Waals surface area contributed by atoms with Gasteiger partial charge in [-0.1, -0.05) is 0 Å². The van der Waals surface area contributed by atoms with Crippen LogP contribution in [0.15, 0.2) is 12.1 Å². The topological polar surface area (TPSA) is 110 Å². The highest BCUT2D eigenvalue weighted by atomic mass is 19.1. The van der Waals surface area contributed by atoms with Crippen molar-refractivity contribution in [3.63, 3.8) is 0 Å². The molecule has 1 atom stereocenters. The lowest BCUT2D eigenvalue weighted by atomic mass is 10.1. The highest BCUT2D eigenvalue weighted by Gasteiger charge is 2.25. The summed E-state index contributed by atoms with van der Waals surface area (Å²) < 4.78 is 26.6. The highest BCUT2D eigenvalue weighted by molar-refractivity contribution is 5.97. The molecule has 7 nitrogen and oxygen atoms in total. The maximum atomic E-state index is 13.5. The summed E-state index contributed by atoms with van der Waals surface area (Å²) in [4.78, 5) is 31.9. The van der Waals surface area contributed by atoms with Gasteiger partial charge < -0.3 is 10.4 Å². The summed E-state index contributed by atoms with van der Waals surface area (Å²) in [5.74, 6) is -3.52. The predicted octanol–water partition coefficient (Wildman–Crippen LogP) is 1.08. The molecular formula is C12H8F2N2O5.